The van der Waals surface area contributed by atoms with Gasteiger partial charge in [-0.15, -0.1) is 0 Å². The van der Waals surface area contributed by atoms with Crippen molar-refractivity contribution >= 4 is 12.1 Å². The number of benzene rings is 1. The highest BCUT2D eigenvalue weighted by Crippen LogP contribution is 2.14. The van der Waals surface area contributed by atoms with Crippen LogP contribution in [0.15, 0.2) is 41.2 Å². The van der Waals surface area contributed by atoms with Crippen LogP contribution in [0.4, 0.5) is 0 Å². The highest BCUT2D eigenvalue weighted by atomic mass is 16.5. The third-order valence-corrected chi connectivity index (χ3v) is 4.40. The van der Waals surface area contributed by atoms with Gasteiger partial charge in [-0.25, -0.2) is 4.99 Å². The standard InChI is InChI=1S/C21H28N4O2/c1-3-5-14-27-20-8-6-18(7-9-20)15-21(26)25-12-10-24(11-13-25)17-19(16-22)23-4-2/h4,6-9,17H,3,5,10-15H2,1-2H3. The molecule has 1 aromatic rings. The van der Waals surface area contributed by atoms with E-state index in [1.165, 1.54) is 0 Å². The van der Waals surface area contributed by atoms with Crippen LogP contribution in [0.25, 0.3) is 0 Å². The van der Waals surface area contributed by atoms with Crippen molar-refractivity contribution in [3.8, 4) is 11.8 Å². The Balaban J connectivity index is 1.81. The van der Waals surface area contributed by atoms with Crippen molar-refractivity contribution < 1.29 is 9.53 Å². The summed E-state index contributed by atoms with van der Waals surface area (Å²) in [5.74, 6) is 0.980. The summed E-state index contributed by atoms with van der Waals surface area (Å²) in [4.78, 5) is 20.5. The maximum absolute atomic E-state index is 12.5. The summed E-state index contributed by atoms with van der Waals surface area (Å²) in [7, 11) is 0. The number of carbonyl (C=O) groups excluding carboxylic acids is 1. The van der Waals surface area contributed by atoms with Crippen molar-refractivity contribution in [3.63, 3.8) is 0 Å². The van der Waals surface area contributed by atoms with Crippen molar-refractivity contribution in [2.24, 2.45) is 4.99 Å². The van der Waals surface area contributed by atoms with Crippen LogP contribution in [-0.4, -0.2) is 54.7 Å². The molecule has 1 aliphatic heterocycles. The molecule has 144 valence electrons. The fraction of sp³-hybridized carbons (Fsp3) is 0.476. The van der Waals surface area contributed by atoms with Gasteiger partial charge in [0.1, 0.15) is 11.8 Å². The molecule has 6 nitrogen and oxygen atoms in total. The number of amides is 1. The average molecular weight is 368 g/mol. The topological polar surface area (TPSA) is 68.9 Å². The Morgan fingerprint density at radius 3 is 2.56 bits per heavy atom. The molecular weight excluding hydrogens is 340 g/mol. The molecule has 1 fully saturated rings. The van der Waals surface area contributed by atoms with Crippen molar-refractivity contribution in [3.05, 3.63) is 41.7 Å². The van der Waals surface area contributed by atoms with Crippen molar-refractivity contribution in [2.45, 2.75) is 33.1 Å². The molecule has 0 saturated carbocycles. The monoisotopic (exact) mass is 368 g/mol. The molecular formula is C21H28N4O2. The summed E-state index contributed by atoms with van der Waals surface area (Å²) < 4.78 is 5.65. The Morgan fingerprint density at radius 2 is 1.96 bits per heavy atom. The van der Waals surface area contributed by atoms with Gasteiger partial charge < -0.3 is 14.5 Å². The summed E-state index contributed by atoms with van der Waals surface area (Å²) in [5.41, 5.74) is 1.38. The van der Waals surface area contributed by atoms with Crippen LogP contribution >= 0.6 is 0 Å². The fourth-order valence-electron chi connectivity index (χ4n) is 2.83. The van der Waals surface area contributed by atoms with Gasteiger partial charge in [0.25, 0.3) is 0 Å². The van der Waals surface area contributed by atoms with Gasteiger partial charge in [-0.05, 0) is 31.0 Å². The number of allylic oxidation sites excluding steroid dienone is 1. The number of rotatable bonds is 8. The van der Waals surface area contributed by atoms with E-state index in [-0.39, 0.29) is 5.91 Å². The Hall–Kier alpha value is -2.81. The number of hydrogen-bond donors (Lipinski definition) is 0. The van der Waals surface area contributed by atoms with Crippen molar-refractivity contribution in [2.75, 3.05) is 32.8 Å². The largest absolute Gasteiger partial charge is 0.494 e. The van der Waals surface area contributed by atoms with Crippen LogP contribution < -0.4 is 4.74 Å². The normalized spacial score (nSPS) is 15.1. The van der Waals surface area contributed by atoms with Gasteiger partial charge in [0.15, 0.2) is 5.70 Å². The van der Waals surface area contributed by atoms with Crippen LogP contribution in [0.1, 0.15) is 32.3 Å². The number of unbranched alkanes of at least 4 members (excludes halogenated alkanes) is 1. The number of aliphatic imine (C=N–C) groups is 1. The molecule has 0 atom stereocenters. The van der Waals surface area contributed by atoms with Crippen LogP contribution in [0, 0.1) is 11.3 Å². The first-order valence-electron chi connectivity index (χ1n) is 9.50. The first-order chi connectivity index (χ1) is 13.2. The first kappa shape index (κ1) is 20.5. The molecule has 0 radical (unpaired) electrons. The van der Waals surface area contributed by atoms with E-state index in [1.54, 1.807) is 19.3 Å². The van der Waals surface area contributed by atoms with Gasteiger partial charge in [0.05, 0.1) is 13.0 Å². The molecule has 0 bridgehead atoms. The Labute approximate surface area is 161 Å². The summed E-state index contributed by atoms with van der Waals surface area (Å²) in [6, 6.07) is 9.84. The van der Waals surface area contributed by atoms with E-state index < -0.39 is 0 Å². The number of nitrogens with zero attached hydrogens (tertiary/aromatic N) is 4. The third-order valence-electron chi connectivity index (χ3n) is 4.40. The van der Waals surface area contributed by atoms with E-state index >= 15 is 0 Å². The van der Waals surface area contributed by atoms with Crippen molar-refractivity contribution in [1.29, 1.82) is 5.26 Å². The van der Waals surface area contributed by atoms with E-state index in [1.807, 2.05) is 34.1 Å². The summed E-state index contributed by atoms with van der Waals surface area (Å²) in [6.07, 6.45) is 5.92. The molecule has 0 aromatic heterocycles. The lowest BCUT2D eigenvalue weighted by Gasteiger charge is -2.34. The second kappa shape index (κ2) is 11.0. The zero-order chi connectivity index (χ0) is 19.5. The molecule has 1 aromatic carbocycles. The molecule has 1 heterocycles. The molecule has 1 amide bonds. The van der Waals surface area contributed by atoms with E-state index in [0.29, 0.717) is 38.3 Å². The molecule has 0 N–H and O–H groups in total. The molecule has 6 heteroatoms. The zero-order valence-corrected chi connectivity index (χ0v) is 16.2. The number of hydrogen-bond acceptors (Lipinski definition) is 5. The van der Waals surface area contributed by atoms with Crippen LogP contribution in [0.3, 0.4) is 0 Å². The van der Waals surface area contributed by atoms with Gasteiger partial charge in [-0.3, -0.25) is 4.79 Å². The average Bonchev–Trinajstić information content (AvgIpc) is 2.69. The molecule has 0 unspecified atom stereocenters. The molecule has 27 heavy (non-hydrogen) atoms. The van der Waals surface area contributed by atoms with E-state index in [4.69, 9.17) is 10.00 Å². The highest BCUT2D eigenvalue weighted by Gasteiger charge is 2.20. The van der Waals surface area contributed by atoms with Crippen LogP contribution in [0.5, 0.6) is 5.75 Å². The number of nitriles is 1. The quantitative estimate of drug-likeness (QED) is 0.402. The predicted octanol–water partition coefficient (Wildman–Crippen LogP) is 3.01. The van der Waals surface area contributed by atoms with Gasteiger partial charge in [-0.2, -0.15) is 5.26 Å². The van der Waals surface area contributed by atoms with Gasteiger partial charge >= 0.3 is 0 Å². The molecule has 0 spiro atoms. The third kappa shape index (κ3) is 6.78. The lowest BCUT2D eigenvalue weighted by molar-refractivity contribution is -0.131. The minimum Gasteiger partial charge on any atom is -0.494 e. The minimum absolute atomic E-state index is 0.130. The Morgan fingerprint density at radius 1 is 1.26 bits per heavy atom. The predicted molar refractivity (Wildman–Crippen MR) is 107 cm³/mol. The lowest BCUT2D eigenvalue weighted by atomic mass is 10.1. The van der Waals surface area contributed by atoms with Crippen LogP contribution in [-0.2, 0) is 11.2 Å². The SMILES string of the molecule is CC=NC(C#N)=CN1CCN(C(=O)Cc2ccc(OCCCC)cc2)CC1. The Kier molecular flexibility index (Phi) is 8.37. The first-order valence-corrected chi connectivity index (χ1v) is 9.50. The van der Waals surface area contributed by atoms with E-state index in [9.17, 15) is 4.79 Å². The number of piperazine rings is 1. The van der Waals surface area contributed by atoms with Gasteiger partial charge in [0.2, 0.25) is 5.91 Å². The van der Waals surface area contributed by atoms with Crippen LogP contribution in [0.2, 0.25) is 0 Å². The maximum atomic E-state index is 12.5. The number of carbonyl (C=O) groups is 1. The zero-order valence-electron chi connectivity index (χ0n) is 16.2. The maximum Gasteiger partial charge on any atom is 0.227 e. The molecule has 1 aliphatic rings. The second-order valence-corrected chi connectivity index (χ2v) is 6.45. The van der Waals surface area contributed by atoms with E-state index in [2.05, 4.69) is 18.0 Å². The summed E-state index contributed by atoms with van der Waals surface area (Å²) >= 11 is 0. The number of ether oxygens (including phenoxy) is 1. The van der Waals surface area contributed by atoms with Gasteiger partial charge in [0, 0.05) is 38.6 Å². The van der Waals surface area contributed by atoms with E-state index in [0.717, 1.165) is 30.8 Å². The Bertz CT molecular complexity index is 696. The molecule has 2 rings (SSSR count). The summed E-state index contributed by atoms with van der Waals surface area (Å²) in [5, 5.41) is 9.04. The highest BCUT2D eigenvalue weighted by molar-refractivity contribution is 5.79. The minimum atomic E-state index is 0.130. The van der Waals surface area contributed by atoms with Gasteiger partial charge in [-0.1, -0.05) is 25.5 Å². The van der Waals surface area contributed by atoms with Crippen molar-refractivity contribution in [1.82, 2.24) is 9.80 Å². The second-order valence-electron chi connectivity index (χ2n) is 6.45. The molecule has 1 saturated heterocycles. The summed E-state index contributed by atoms with van der Waals surface area (Å²) in [6.45, 7) is 7.37. The fourth-order valence-corrected chi connectivity index (χ4v) is 2.83. The molecule has 0 aliphatic carbocycles. The smallest absolute Gasteiger partial charge is 0.227 e. The lowest BCUT2D eigenvalue weighted by Crippen LogP contribution is -2.47.